The summed E-state index contributed by atoms with van der Waals surface area (Å²) in [6.45, 7) is 4.25. The number of nitrogens with zero attached hydrogens (tertiary/aromatic N) is 3. The van der Waals surface area contributed by atoms with E-state index in [2.05, 4.69) is 40.1 Å². The third kappa shape index (κ3) is 2.28. The minimum absolute atomic E-state index is 0.386. The van der Waals surface area contributed by atoms with Gasteiger partial charge in [0.2, 0.25) is 0 Å². The Kier molecular flexibility index (Phi) is 3.30. The zero-order valence-electron chi connectivity index (χ0n) is 8.98. The van der Waals surface area contributed by atoms with Gasteiger partial charge in [-0.15, -0.1) is 5.10 Å². The van der Waals surface area contributed by atoms with Crippen LogP contribution in [-0.4, -0.2) is 15.0 Å². The number of aromatic nitrogens is 3. The van der Waals surface area contributed by atoms with Crippen molar-refractivity contribution in [2.45, 2.75) is 19.8 Å². The van der Waals surface area contributed by atoms with Crippen LogP contribution in [-0.2, 0) is 0 Å². The third-order valence-corrected chi connectivity index (χ3v) is 2.92. The standard InChI is InChI=1S/C11H11BrClN3/c1-7(2)9-5-8(13)3-4-10(9)16-6-11(12)14-15-16/h3-7H,1-2H3. The van der Waals surface area contributed by atoms with Crippen molar-refractivity contribution < 1.29 is 0 Å². The molecule has 0 unspecified atom stereocenters. The van der Waals surface area contributed by atoms with Crippen LogP contribution in [0.25, 0.3) is 5.69 Å². The first kappa shape index (κ1) is 11.6. The predicted octanol–water partition coefficient (Wildman–Crippen LogP) is 3.81. The van der Waals surface area contributed by atoms with Crippen molar-refractivity contribution in [3.63, 3.8) is 0 Å². The summed E-state index contributed by atoms with van der Waals surface area (Å²) in [7, 11) is 0. The second-order valence-corrected chi connectivity index (χ2v) is 5.09. The maximum atomic E-state index is 6.00. The lowest BCUT2D eigenvalue weighted by molar-refractivity contribution is 0.770. The van der Waals surface area contributed by atoms with Crippen molar-refractivity contribution in [2.75, 3.05) is 0 Å². The van der Waals surface area contributed by atoms with E-state index in [4.69, 9.17) is 11.6 Å². The van der Waals surface area contributed by atoms with Crippen molar-refractivity contribution in [3.05, 3.63) is 39.6 Å². The highest BCUT2D eigenvalue weighted by Gasteiger charge is 2.10. The predicted molar refractivity (Wildman–Crippen MR) is 68.2 cm³/mol. The normalized spacial score (nSPS) is 11.1. The van der Waals surface area contributed by atoms with Gasteiger partial charge in [0.1, 0.15) is 4.60 Å². The smallest absolute Gasteiger partial charge is 0.148 e. The van der Waals surface area contributed by atoms with Gasteiger partial charge in [-0.2, -0.15) is 0 Å². The number of benzene rings is 1. The molecule has 0 saturated heterocycles. The second kappa shape index (κ2) is 4.55. The molecule has 16 heavy (non-hydrogen) atoms. The van der Waals surface area contributed by atoms with Gasteiger partial charge in [-0.1, -0.05) is 30.7 Å². The Morgan fingerprint density at radius 1 is 1.38 bits per heavy atom. The Bertz CT molecular complexity index is 508. The van der Waals surface area contributed by atoms with Crippen LogP contribution in [0.1, 0.15) is 25.3 Å². The van der Waals surface area contributed by atoms with Gasteiger partial charge in [-0.05, 0) is 45.6 Å². The van der Waals surface area contributed by atoms with Gasteiger partial charge in [0.05, 0.1) is 11.9 Å². The Balaban J connectivity index is 2.56. The van der Waals surface area contributed by atoms with Gasteiger partial charge < -0.3 is 0 Å². The van der Waals surface area contributed by atoms with Gasteiger partial charge in [0, 0.05) is 5.02 Å². The third-order valence-electron chi connectivity index (χ3n) is 2.32. The van der Waals surface area contributed by atoms with Gasteiger partial charge >= 0.3 is 0 Å². The highest BCUT2D eigenvalue weighted by molar-refractivity contribution is 9.10. The van der Waals surface area contributed by atoms with Crippen LogP contribution in [0.2, 0.25) is 5.02 Å². The second-order valence-electron chi connectivity index (χ2n) is 3.84. The topological polar surface area (TPSA) is 30.7 Å². The van der Waals surface area contributed by atoms with Gasteiger partial charge in [0.25, 0.3) is 0 Å². The van der Waals surface area contributed by atoms with Crippen LogP contribution in [0, 0.1) is 0 Å². The van der Waals surface area contributed by atoms with E-state index in [-0.39, 0.29) is 0 Å². The van der Waals surface area contributed by atoms with Crippen molar-refractivity contribution in [3.8, 4) is 5.69 Å². The summed E-state index contributed by atoms with van der Waals surface area (Å²) in [6.07, 6.45) is 1.83. The molecule has 0 amide bonds. The molecule has 0 bridgehead atoms. The molecule has 1 heterocycles. The highest BCUT2D eigenvalue weighted by atomic mass is 79.9. The molecule has 0 radical (unpaired) electrons. The van der Waals surface area contributed by atoms with Crippen LogP contribution in [0.3, 0.4) is 0 Å². The van der Waals surface area contributed by atoms with E-state index in [1.807, 2.05) is 24.4 Å². The van der Waals surface area contributed by atoms with E-state index in [1.54, 1.807) is 4.68 Å². The van der Waals surface area contributed by atoms with Crippen molar-refractivity contribution in [1.82, 2.24) is 15.0 Å². The van der Waals surface area contributed by atoms with Crippen LogP contribution < -0.4 is 0 Å². The highest BCUT2D eigenvalue weighted by Crippen LogP contribution is 2.26. The molecule has 0 fully saturated rings. The lowest BCUT2D eigenvalue weighted by Gasteiger charge is -2.12. The molecule has 5 heteroatoms. The summed E-state index contributed by atoms with van der Waals surface area (Å²) in [5, 5.41) is 8.69. The Labute approximate surface area is 108 Å². The molecular formula is C11H11BrClN3. The molecule has 0 aliphatic heterocycles. The summed E-state index contributed by atoms with van der Waals surface area (Å²) in [4.78, 5) is 0. The maximum absolute atomic E-state index is 6.00. The van der Waals surface area contributed by atoms with E-state index in [9.17, 15) is 0 Å². The lowest BCUT2D eigenvalue weighted by atomic mass is 10.0. The fourth-order valence-electron chi connectivity index (χ4n) is 1.56. The molecule has 0 aliphatic carbocycles. The average molecular weight is 301 g/mol. The quantitative estimate of drug-likeness (QED) is 0.844. The molecule has 0 N–H and O–H groups in total. The molecule has 1 aromatic carbocycles. The van der Waals surface area contributed by atoms with E-state index in [0.717, 1.165) is 20.9 Å². The van der Waals surface area contributed by atoms with E-state index in [0.29, 0.717) is 5.92 Å². The zero-order chi connectivity index (χ0) is 11.7. The summed E-state index contributed by atoms with van der Waals surface area (Å²) >= 11 is 9.28. The fraction of sp³-hybridized carbons (Fsp3) is 0.273. The first-order chi connectivity index (χ1) is 7.58. The molecule has 1 aromatic heterocycles. The number of rotatable bonds is 2. The minimum atomic E-state index is 0.386. The van der Waals surface area contributed by atoms with Crippen LogP contribution in [0.5, 0.6) is 0 Å². The Hall–Kier alpha value is -0.870. The lowest BCUT2D eigenvalue weighted by Crippen LogP contribution is -2.02. The molecule has 3 nitrogen and oxygen atoms in total. The number of hydrogen-bond acceptors (Lipinski definition) is 2. The number of hydrogen-bond donors (Lipinski definition) is 0. The van der Waals surface area contributed by atoms with Crippen molar-refractivity contribution >= 4 is 27.5 Å². The SMILES string of the molecule is CC(C)c1cc(Cl)ccc1-n1cc(Br)nn1. The van der Waals surface area contributed by atoms with Crippen LogP contribution in [0.4, 0.5) is 0 Å². The van der Waals surface area contributed by atoms with Gasteiger partial charge in [-0.25, -0.2) is 4.68 Å². The molecule has 0 saturated carbocycles. The largest absolute Gasteiger partial charge is 0.219 e. The average Bonchev–Trinajstić information content (AvgIpc) is 2.64. The molecule has 84 valence electrons. The molecule has 2 rings (SSSR count). The van der Waals surface area contributed by atoms with Crippen molar-refractivity contribution in [1.29, 1.82) is 0 Å². The first-order valence-electron chi connectivity index (χ1n) is 4.95. The number of halogens is 2. The maximum Gasteiger partial charge on any atom is 0.148 e. The monoisotopic (exact) mass is 299 g/mol. The fourth-order valence-corrected chi connectivity index (χ4v) is 2.00. The molecule has 0 spiro atoms. The van der Waals surface area contributed by atoms with Crippen LogP contribution >= 0.6 is 27.5 Å². The van der Waals surface area contributed by atoms with E-state index >= 15 is 0 Å². The zero-order valence-corrected chi connectivity index (χ0v) is 11.3. The summed E-state index contributed by atoms with van der Waals surface area (Å²) in [6, 6.07) is 5.79. The summed E-state index contributed by atoms with van der Waals surface area (Å²) in [5.41, 5.74) is 2.17. The van der Waals surface area contributed by atoms with E-state index in [1.165, 1.54) is 0 Å². The van der Waals surface area contributed by atoms with Gasteiger partial charge in [-0.3, -0.25) is 0 Å². The van der Waals surface area contributed by atoms with Crippen molar-refractivity contribution in [2.24, 2.45) is 0 Å². The summed E-state index contributed by atoms with van der Waals surface area (Å²) in [5.74, 6) is 0.386. The first-order valence-corrected chi connectivity index (χ1v) is 6.12. The summed E-state index contributed by atoms with van der Waals surface area (Å²) < 4.78 is 2.47. The Morgan fingerprint density at radius 3 is 2.69 bits per heavy atom. The molecule has 0 atom stereocenters. The van der Waals surface area contributed by atoms with E-state index < -0.39 is 0 Å². The van der Waals surface area contributed by atoms with Gasteiger partial charge in [0.15, 0.2) is 0 Å². The minimum Gasteiger partial charge on any atom is -0.219 e. The molecular weight excluding hydrogens is 289 g/mol. The Morgan fingerprint density at radius 2 is 2.12 bits per heavy atom. The molecule has 2 aromatic rings. The molecule has 0 aliphatic rings. The van der Waals surface area contributed by atoms with Crippen LogP contribution in [0.15, 0.2) is 29.0 Å².